The van der Waals surface area contributed by atoms with Gasteiger partial charge in [0.1, 0.15) is 0 Å². The van der Waals surface area contributed by atoms with Crippen molar-refractivity contribution < 1.29 is 0 Å². The molecule has 0 saturated heterocycles. The molecule has 3 heteroatoms. The largest absolute Gasteiger partial charge is 0.315 e. The van der Waals surface area contributed by atoms with Crippen molar-refractivity contribution in [3.05, 3.63) is 21.9 Å². The van der Waals surface area contributed by atoms with Crippen molar-refractivity contribution in [2.45, 2.75) is 26.3 Å². The second-order valence-electron chi connectivity index (χ2n) is 4.15. The molecule has 0 aliphatic carbocycles. The maximum Gasteiger partial charge on any atom is 0.0245 e. The Morgan fingerprint density at radius 3 is 3.27 bits per heavy atom. The van der Waals surface area contributed by atoms with E-state index in [4.69, 9.17) is 0 Å². The third kappa shape index (κ3) is 3.03. The van der Waals surface area contributed by atoms with E-state index >= 15 is 0 Å². The van der Waals surface area contributed by atoms with Gasteiger partial charge in [-0.25, -0.2) is 0 Å². The standard InChI is InChI=1S/C12H20N2S/c1-2-5-13-6-8-14-7-3-12-11(10-14)4-9-15-12/h4,9,13H,2-3,5-8,10H2,1H3. The summed E-state index contributed by atoms with van der Waals surface area (Å²) < 4.78 is 0. The first-order chi connectivity index (χ1) is 7.40. The van der Waals surface area contributed by atoms with Crippen LogP contribution < -0.4 is 5.32 Å². The Bertz CT molecular complexity index is 296. The van der Waals surface area contributed by atoms with Crippen LogP contribution in [0.2, 0.25) is 0 Å². The van der Waals surface area contributed by atoms with Crippen LogP contribution in [0, 0.1) is 0 Å². The average molecular weight is 224 g/mol. The Hall–Kier alpha value is -0.380. The smallest absolute Gasteiger partial charge is 0.0245 e. The molecule has 1 aliphatic heterocycles. The first-order valence-electron chi connectivity index (χ1n) is 5.88. The average Bonchev–Trinajstić information content (AvgIpc) is 2.71. The Morgan fingerprint density at radius 1 is 1.47 bits per heavy atom. The molecular weight excluding hydrogens is 204 g/mol. The number of nitrogens with zero attached hydrogens (tertiary/aromatic N) is 1. The van der Waals surface area contributed by atoms with Gasteiger partial charge in [0.15, 0.2) is 0 Å². The summed E-state index contributed by atoms with van der Waals surface area (Å²) in [6.07, 6.45) is 2.48. The zero-order chi connectivity index (χ0) is 10.5. The topological polar surface area (TPSA) is 15.3 Å². The molecule has 0 unspecified atom stereocenters. The molecule has 0 radical (unpaired) electrons. The molecule has 15 heavy (non-hydrogen) atoms. The summed E-state index contributed by atoms with van der Waals surface area (Å²) in [4.78, 5) is 4.16. The predicted molar refractivity (Wildman–Crippen MR) is 66.5 cm³/mol. The van der Waals surface area contributed by atoms with Gasteiger partial charge in [-0.15, -0.1) is 11.3 Å². The molecule has 0 amide bonds. The Labute approximate surface area is 96.3 Å². The Morgan fingerprint density at radius 2 is 2.40 bits per heavy atom. The minimum absolute atomic E-state index is 1.13. The van der Waals surface area contributed by atoms with E-state index in [0.29, 0.717) is 0 Å². The molecule has 2 rings (SSSR count). The van der Waals surface area contributed by atoms with Gasteiger partial charge in [-0.05, 0) is 36.4 Å². The number of hydrogen-bond donors (Lipinski definition) is 1. The lowest BCUT2D eigenvalue weighted by Crippen LogP contribution is -2.35. The summed E-state index contributed by atoms with van der Waals surface area (Å²) in [6, 6.07) is 2.28. The summed E-state index contributed by atoms with van der Waals surface area (Å²) in [7, 11) is 0. The van der Waals surface area contributed by atoms with Gasteiger partial charge in [0.05, 0.1) is 0 Å². The van der Waals surface area contributed by atoms with Gasteiger partial charge in [-0.2, -0.15) is 0 Å². The normalized spacial score (nSPS) is 16.6. The molecule has 1 N–H and O–H groups in total. The molecule has 84 valence electrons. The maximum atomic E-state index is 3.46. The highest BCUT2D eigenvalue weighted by molar-refractivity contribution is 7.10. The molecule has 0 atom stereocenters. The predicted octanol–water partition coefficient (Wildman–Crippen LogP) is 2.11. The maximum absolute atomic E-state index is 3.46. The van der Waals surface area contributed by atoms with Gasteiger partial charge >= 0.3 is 0 Å². The summed E-state index contributed by atoms with van der Waals surface area (Å²) in [5.74, 6) is 0. The van der Waals surface area contributed by atoms with Crippen molar-refractivity contribution in [1.29, 1.82) is 0 Å². The SMILES string of the molecule is CCCNCCN1CCc2sccc2C1. The minimum atomic E-state index is 1.13. The molecule has 1 aliphatic rings. The molecule has 0 fully saturated rings. The number of hydrogen-bond acceptors (Lipinski definition) is 3. The fourth-order valence-electron chi connectivity index (χ4n) is 2.04. The van der Waals surface area contributed by atoms with Gasteiger partial charge in [-0.1, -0.05) is 6.92 Å². The molecular formula is C12H20N2S. The van der Waals surface area contributed by atoms with E-state index in [2.05, 4.69) is 28.6 Å². The summed E-state index contributed by atoms with van der Waals surface area (Å²) in [5, 5.41) is 5.69. The van der Waals surface area contributed by atoms with Crippen molar-refractivity contribution in [1.82, 2.24) is 10.2 Å². The second kappa shape index (κ2) is 5.64. The van der Waals surface area contributed by atoms with Gasteiger partial charge in [0.2, 0.25) is 0 Å². The monoisotopic (exact) mass is 224 g/mol. The molecule has 0 bridgehead atoms. The van der Waals surface area contributed by atoms with Crippen molar-refractivity contribution in [3.63, 3.8) is 0 Å². The fraction of sp³-hybridized carbons (Fsp3) is 0.667. The molecule has 1 aromatic rings. The molecule has 0 aromatic carbocycles. The van der Waals surface area contributed by atoms with E-state index in [1.807, 2.05) is 11.3 Å². The Kier molecular flexibility index (Phi) is 4.18. The zero-order valence-electron chi connectivity index (χ0n) is 9.46. The van der Waals surface area contributed by atoms with Crippen molar-refractivity contribution >= 4 is 11.3 Å². The lowest BCUT2D eigenvalue weighted by molar-refractivity contribution is 0.256. The van der Waals surface area contributed by atoms with Crippen LogP contribution in [0.4, 0.5) is 0 Å². The van der Waals surface area contributed by atoms with Gasteiger partial charge in [0, 0.05) is 31.1 Å². The third-order valence-corrected chi connectivity index (χ3v) is 3.94. The molecule has 2 nitrogen and oxygen atoms in total. The van der Waals surface area contributed by atoms with Crippen molar-refractivity contribution in [3.8, 4) is 0 Å². The third-order valence-electron chi connectivity index (χ3n) is 2.92. The molecule has 1 aromatic heterocycles. The van der Waals surface area contributed by atoms with E-state index in [1.165, 1.54) is 25.9 Å². The Balaban J connectivity index is 1.73. The number of nitrogens with one attached hydrogen (secondary N) is 1. The van der Waals surface area contributed by atoms with Crippen LogP contribution in [0.1, 0.15) is 23.8 Å². The fourth-order valence-corrected chi connectivity index (χ4v) is 2.93. The molecule has 2 heterocycles. The van der Waals surface area contributed by atoms with E-state index in [0.717, 1.165) is 19.6 Å². The van der Waals surface area contributed by atoms with E-state index in [1.54, 1.807) is 10.4 Å². The number of thiophene rings is 1. The van der Waals surface area contributed by atoms with Crippen LogP contribution >= 0.6 is 11.3 Å². The summed E-state index contributed by atoms with van der Waals surface area (Å²) in [6.45, 7) is 8.08. The van der Waals surface area contributed by atoms with Gasteiger partial charge < -0.3 is 5.32 Å². The van der Waals surface area contributed by atoms with Crippen LogP contribution in [-0.2, 0) is 13.0 Å². The van der Waals surface area contributed by atoms with Gasteiger partial charge in [0.25, 0.3) is 0 Å². The highest BCUT2D eigenvalue weighted by atomic mass is 32.1. The molecule has 0 spiro atoms. The second-order valence-corrected chi connectivity index (χ2v) is 5.15. The first kappa shape index (κ1) is 11.1. The zero-order valence-corrected chi connectivity index (χ0v) is 10.3. The number of rotatable bonds is 5. The first-order valence-corrected chi connectivity index (χ1v) is 6.76. The van der Waals surface area contributed by atoms with Crippen LogP contribution in [0.3, 0.4) is 0 Å². The van der Waals surface area contributed by atoms with Crippen molar-refractivity contribution in [2.24, 2.45) is 0 Å². The molecule has 0 saturated carbocycles. The quantitative estimate of drug-likeness (QED) is 0.771. The van der Waals surface area contributed by atoms with Crippen LogP contribution in [0.25, 0.3) is 0 Å². The van der Waals surface area contributed by atoms with E-state index in [9.17, 15) is 0 Å². The highest BCUT2D eigenvalue weighted by Gasteiger charge is 2.15. The van der Waals surface area contributed by atoms with Crippen LogP contribution in [0.15, 0.2) is 11.4 Å². The van der Waals surface area contributed by atoms with Crippen LogP contribution in [-0.4, -0.2) is 31.1 Å². The highest BCUT2D eigenvalue weighted by Crippen LogP contribution is 2.23. The lowest BCUT2D eigenvalue weighted by atomic mass is 10.1. The lowest BCUT2D eigenvalue weighted by Gasteiger charge is -2.26. The van der Waals surface area contributed by atoms with E-state index < -0.39 is 0 Å². The number of fused-ring (bicyclic) bond motifs is 1. The van der Waals surface area contributed by atoms with E-state index in [-0.39, 0.29) is 0 Å². The summed E-state index contributed by atoms with van der Waals surface area (Å²) >= 11 is 1.92. The van der Waals surface area contributed by atoms with Crippen LogP contribution in [0.5, 0.6) is 0 Å². The minimum Gasteiger partial charge on any atom is -0.315 e. The van der Waals surface area contributed by atoms with Crippen molar-refractivity contribution in [2.75, 3.05) is 26.2 Å². The van der Waals surface area contributed by atoms with Gasteiger partial charge in [-0.3, -0.25) is 4.90 Å². The summed E-state index contributed by atoms with van der Waals surface area (Å²) in [5.41, 5.74) is 1.56.